The second-order valence-electron chi connectivity index (χ2n) is 7.77. The zero-order chi connectivity index (χ0) is 23.7. The van der Waals surface area contributed by atoms with Gasteiger partial charge in [-0.05, 0) is 49.0 Å². The molecule has 1 aliphatic heterocycles. The van der Waals surface area contributed by atoms with Crippen molar-refractivity contribution in [3.05, 3.63) is 96.0 Å². The van der Waals surface area contributed by atoms with Crippen LogP contribution in [-0.4, -0.2) is 27.5 Å². The molecule has 1 aromatic heterocycles. The van der Waals surface area contributed by atoms with Gasteiger partial charge in [-0.3, -0.25) is 4.90 Å². The summed E-state index contributed by atoms with van der Waals surface area (Å²) in [6.45, 7) is 1.97. The minimum absolute atomic E-state index is 0.0331. The molecule has 0 radical (unpaired) electrons. The number of nitrogens with one attached hydrogen (secondary N) is 1. The zero-order valence-corrected chi connectivity index (χ0v) is 19.4. The Morgan fingerprint density at radius 2 is 1.74 bits per heavy atom. The van der Waals surface area contributed by atoms with Crippen LogP contribution in [0.5, 0.6) is 11.5 Å². The first-order chi connectivity index (χ1) is 16.6. The summed E-state index contributed by atoms with van der Waals surface area (Å²) in [7, 11) is 1.51. The lowest BCUT2D eigenvalue weighted by atomic mass is 9.94. The van der Waals surface area contributed by atoms with Crippen LogP contribution in [0, 0.1) is 0 Å². The number of phenols is 1. The van der Waals surface area contributed by atoms with Crippen LogP contribution < -0.4 is 15.0 Å². The maximum Gasteiger partial charge on any atom is 0.258 e. The van der Waals surface area contributed by atoms with E-state index in [-0.39, 0.29) is 5.75 Å². The molecule has 0 spiro atoms. The monoisotopic (exact) mass is 470 g/mol. The van der Waals surface area contributed by atoms with Crippen molar-refractivity contribution in [3.8, 4) is 22.9 Å². The van der Waals surface area contributed by atoms with Crippen LogP contribution in [0.15, 0.2) is 89.1 Å². The third-order valence-electron chi connectivity index (χ3n) is 5.72. The third kappa shape index (κ3) is 3.88. The lowest BCUT2D eigenvalue weighted by molar-refractivity contribution is 0.372. The molecular formula is C26H22N4O3S. The Morgan fingerprint density at radius 1 is 1.03 bits per heavy atom. The molecule has 0 fully saturated rings. The van der Waals surface area contributed by atoms with Crippen LogP contribution in [0.1, 0.15) is 24.4 Å². The number of hydrogen-bond donors (Lipinski definition) is 2. The number of anilines is 1. The second kappa shape index (κ2) is 8.99. The number of para-hydroxylation sites is 1. The van der Waals surface area contributed by atoms with E-state index in [0.29, 0.717) is 22.6 Å². The van der Waals surface area contributed by atoms with Crippen molar-refractivity contribution in [1.82, 2.24) is 15.5 Å². The van der Waals surface area contributed by atoms with Crippen LogP contribution in [0.3, 0.4) is 0 Å². The van der Waals surface area contributed by atoms with Crippen molar-refractivity contribution in [2.24, 2.45) is 0 Å². The number of ether oxygens (including phenoxy) is 1. The van der Waals surface area contributed by atoms with Gasteiger partial charge >= 0.3 is 0 Å². The molecule has 0 aliphatic carbocycles. The van der Waals surface area contributed by atoms with Crippen molar-refractivity contribution >= 4 is 28.6 Å². The number of nitrogens with zero attached hydrogens (tertiary/aromatic N) is 3. The van der Waals surface area contributed by atoms with Gasteiger partial charge in [0.25, 0.3) is 5.89 Å². The van der Waals surface area contributed by atoms with E-state index >= 15 is 0 Å². The van der Waals surface area contributed by atoms with Gasteiger partial charge in [0.15, 0.2) is 16.6 Å². The average Bonchev–Trinajstić information content (AvgIpc) is 3.34. The predicted molar refractivity (Wildman–Crippen MR) is 134 cm³/mol. The number of aromatic hydroxyl groups is 1. The molecule has 2 heterocycles. The van der Waals surface area contributed by atoms with E-state index in [4.69, 9.17) is 26.5 Å². The third-order valence-corrected chi connectivity index (χ3v) is 6.02. The lowest BCUT2D eigenvalue weighted by Gasteiger charge is -2.37. The number of hydrogen-bond acceptors (Lipinski definition) is 6. The summed E-state index contributed by atoms with van der Waals surface area (Å²) in [5, 5.41) is 18.6. The molecule has 170 valence electrons. The Labute approximate surface area is 202 Å². The van der Waals surface area contributed by atoms with Gasteiger partial charge in [-0.25, -0.2) is 0 Å². The van der Waals surface area contributed by atoms with E-state index < -0.39 is 6.04 Å². The molecule has 0 amide bonds. The van der Waals surface area contributed by atoms with Crippen LogP contribution in [0.2, 0.25) is 0 Å². The highest BCUT2D eigenvalue weighted by molar-refractivity contribution is 7.80. The number of aromatic nitrogens is 2. The molecule has 4 aromatic rings. The maximum atomic E-state index is 10.4. The van der Waals surface area contributed by atoms with Crippen LogP contribution in [0.25, 0.3) is 17.0 Å². The molecule has 0 bridgehead atoms. The largest absolute Gasteiger partial charge is 0.504 e. The van der Waals surface area contributed by atoms with Crippen molar-refractivity contribution < 1.29 is 14.4 Å². The first kappa shape index (κ1) is 21.7. The van der Waals surface area contributed by atoms with Crippen LogP contribution in [-0.2, 0) is 0 Å². The Hall–Kier alpha value is -4.17. The molecule has 1 unspecified atom stereocenters. The highest BCUT2D eigenvalue weighted by atomic mass is 32.1. The summed E-state index contributed by atoms with van der Waals surface area (Å²) < 4.78 is 11.0. The molecular weight excluding hydrogens is 448 g/mol. The topological polar surface area (TPSA) is 83.7 Å². The van der Waals surface area contributed by atoms with Crippen molar-refractivity contribution in [1.29, 1.82) is 0 Å². The number of methoxy groups -OCH3 is 1. The molecule has 1 atom stereocenters. The Morgan fingerprint density at radius 3 is 2.41 bits per heavy atom. The molecule has 34 heavy (non-hydrogen) atoms. The fraction of sp³-hybridized carbons (Fsp3) is 0.115. The molecule has 8 heteroatoms. The quantitative estimate of drug-likeness (QED) is 0.379. The number of benzene rings is 3. The molecule has 0 saturated carbocycles. The first-order valence-corrected chi connectivity index (χ1v) is 11.1. The van der Waals surface area contributed by atoms with E-state index in [1.165, 1.54) is 7.11 Å². The SMILES string of the molecule is COc1ccc(C2NC(=S)N(c3ccccc3)C(C)=C2c2nc(-c3ccccc3)no2)cc1O. The maximum absolute atomic E-state index is 10.4. The van der Waals surface area contributed by atoms with E-state index in [2.05, 4.69) is 10.5 Å². The van der Waals surface area contributed by atoms with Crippen molar-refractivity contribution in [3.63, 3.8) is 0 Å². The Balaban J connectivity index is 1.66. The van der Waals surface area contributed by atoms with Gasteiger partial charge in [0.05, 0.1) is 18.7 Å². The second-order valence-corrected chi connectivity index (χ2v) is 8.16. The average molecular weight is 471 g/mol. The summed E-state index contributed by atoms with van der Waals surface area (Å²) in [6, 6.07) is 24.3. The lowest BCUT2D eigenvalue weighted by Crippen LogP contribution is -2.46. The zero-order valence-electron chi connectivity index (χ0n) is 18.6. The summed E-state index contributed by atoms with van der Waals surface area (Å²) >= 11 is 5.76. The summed E-state index contributed by atoms with van der Waals surface area (Å²) in [6.07, 6.45) is 0. The van der Waals surface area contributed by atoms with Gasteiger partial charge in [-0.1, -0.05) is 59.8 Å². The summed E-state index contributed by atoms with van der Waals surface area (Å²) in [4.78, 5) is 6.65. The highest BCUT2D eigenvalue weighted by Gasteiger charge is 2.35. The van der Waals surface area contributed by atoms with Crippen LogP contribution in [0.4, 0.5) is 5.69 Å². The van der Waals surface area contributed by atoms with Crippen LogP contribution >= 0.6 is 12.2 Å². The molecule has 2 N–H and O–H groups in total. The molecule has 3 aromatic carbocycles. The molecule has 1 aliphatic rings. The minimum Gasteiger partial charge on any atom is -0.504 e. The molecule has 0 saturated heterocycles. The van der Waals surface area contributed by atoms with E-state index in [0.717, 1.165) is 28.1 Å². The van der Waals surface area contributed by atoms with Gasteiger partial charge in [-0.15, -0.1) is 0 Å². The fourth-order valence-corrected chi connectivity index (χ4v) is 4.44. The minimum atomic E-state index is -0.423. The van der Waals surface area contributed by atoms with E-state index in [1.54, 1.807) is 12.1 Å². The van der Waals surface area contributed by atoms with Gasteiger partial charge in [0.2, 0.25) is 5.82 Å². The van der Waals surface area contributed by atoms with Gasteiger partial charge in [0, 0.05) is 16.9 Å². The fourth-order valence-electron chi connectivity index (χ4n) is 4.08. The standard InChI is InChI=1S/C26H22N4O3S/c1-16-22(25-28-24(29-33-25)17-9-5-3-6-10-17)23(18-13-14-21(32-2)20(31)15-18)27-26(34)30(16)19-11-7-4-8-12-19/h3-15,23,31H,1-2H3,(H,27,34). The normalized spacial score (nSPS) is 15.9. The van der Waals surface area contributed by atoms with Gasteiger partial charge in [0.1, 0.15) is 0 Å². The number of phenolic OH excluding ortho intramolecular Hbond substituents is 1. The van der Waals surface area contributed by atoms with Crippen molar-refractivity contribution in [2.75, 3.05) is 12.0 Å². The number of rotatable bonds is 5. The van der Waals surface area contributed by atoms with E-state index in [9.17, 15) is 5.11 Å². The summed E-state index contributed by atoms with van der Waals surface area (Å²) in [5.41, 5.74) is 4.15. The van der Waals surface area contributed by atoms with Crippen molar-refractivity contribution in [2.45, 2.75) is 13.0 Å². The predicted octanol–water partition coefficient (Wildman–Crippen LogP) is 5.32. The Kier molecular flexibility index (Phi) is 5.73. The van der Waals surface area contributed by atoms with Gasteiger partial charge < -0.3 is 19.7 Å². The van der Waals surface area contributed by atoms with Gasteiger partial charge in [-0.2, -0.15) is 4.98 Å². The molecule has 5 rings (SSSR count). The molecule has 7 nitrogen and oxygen atoms in total. The highest BCUT2D eigenvalue weighted by Crippen LogP contribution is 2.41. The van der Waals surface area contributed by atoms with E-state index in [1.807, 2.05) is 78.6 Å². The smallest absolute Gasteiger partial charge is 0.258 e. The first-order valence-electron chi connectivity index (χ1n) is 10.7. The summed E-state index contributed by atoms with van der Waals surface area (Å²) in [5.74, 6) is 1.28. The Bertz CT molecular complexity index is 1370. The number of thiocarbonyl (C=S) groups is 1. The number of allylic oxidation sites excluding steroid dienone is 1.